The molecule has 4 heteroatoms. The largest absolute Gasteiger partial charge is 0.323 e. The number of hydrogen-bond acceptors (Lipinski definition) is 4. The van der Waals surface area contributed by atoms with Crippen LogP contribution in [-0.4, -0.2) is 44.2 Å². The van der Waals surface area contributed by atoms with Crippen molar-refractivity contribution < 1.29 is 0 Å². The molecule has 0 spiro atoms. The van der Waals surface area contributed by atoms with E-state index in [2.05, 4.69) is 61.3 Å². The number of benzene rings is 1. The molecule has 0 amide bonds. The van der Waals surface area contributed by atoms with Gasteiger partial charge in [0.25, 0.3) is 0 Å². The molecule has 17 heavy (non-hydrogen) atoms. The van der Waals surface area contributed by atoms with E-state index < -0.39 is 0 Å². The lowest BCUT2D eigenvalue weighted by Crippen LogP contribution is -2.14. The topological polar surface area (TPSA) is 44.9 Å². The van der Waals surface area contributed by atoms with Crippen molar-refractivity contribution in [3.8, 4) is 0 Å². The Morgan fingerprint density at radius 1 is 1.00 bits per heavy atom. The fraction of sp³-hybridized carbons (Fsp3) is 0.462. The summed E-state index contributed by atoms with van der Waals surface area (Å²) in [6, 6.07) is 6.47. The van der Waals surface area contributed by atoms with Crippen LogP contribution in [0.5, 0.6) is 0 Å². The van der Waals surface area contributed by atoms with Crippen LogP contribution in [0.2, 0.25) is 0 Å². The van der Waals surface area contributed by atoms with Gasteiger partial charge < -0.3 is 15.6 Å². The zero-order valence-electron chi connectivity index (χ0n) is 11.1. The van der Waals surface area contributed by atoms with Gasteiger partial charge in [0.2, 0.25) is 0 Å². The molecule has 0 aliphatic carbocycles. The summed E-state index contributed by atoms with van der Waals surface area (Å²) in [5.41, 5.74) is 3.62. The molecule has 0 aliphatic rings. The smallest absolute Gasteiger partial charge is 0.0538 e. The molecule has 94 valence electrons. The van der Waals surface area contributed by atoms with E-state index in [0.29, 0.717) is 0 Å². The Morgan fingerprint density at radius 3 is 1.82 bits per heavy atom. The number of nitrogens with zero attached hydrogens (tertiary/aromatic N) is 3. The van der Waals surface area contributed by atoms with Crippen LogP contribution in [0.15, 0.2) is 23.3 Å². The molecule has 0 aromatic heterocycles. The van der Waals surface area contributed by atoms with E-state index in [-0.39, 0.29) is 0 Å². The first-order chi connectivity index (χ1) is 8.01. The van der Waals surface area contributed by atoms with Crippen LogP contribution in [0.4, 0.5) is 0 Å². The SMILES string of the molecule is CN(C)Cc1cc(/C=N/N)cc(CN(C)C)c1. The highest BCUT2D eigenvalue weighted by atomic mass is 15.1. The maximum absolute atomic E-state index is 5.21. The zero-order chi connectivity index (χ0) is 12.8. The minimum Gasteiger partial charge on any atom is -0.323 e. The Balaban J connectivity index is 3.00. The lowest BCUT2D eigenvalue weighted by Gasteiger charge is -2.14. The minimum absolute atomic E-state index is 0.923. The van der Waals surface area contributed by atoms with E-state index in [4.69, 9.17) is 5.84 Å². The molecule has 0 saturated heterocycles. The van der Waals surface area contributed by atoms with Crippen LogP contribution >= 0.6 is 0 Å². The average molecular weight is 234 g/mol. The fourth-order valence-corrected chi connectivity index (χ4v) is 1.86. The van der Waals surface area contributed by atoms with Gasteiger partial charge in [0, 0.05) is 13.1 Å². The third-order valence-corrected chi connectivity index (χ3v) is 2.30. The summed E-state index contributed by atoms with van der Waals surface area (Å²) < 4.78 is 0. The summed E-state index contributed by atoms with van der Waals surface area (Å²) in [5, 5.41) is 3.59. The van der Waals surface area contributed by atoms with E-state index in [0.717, 1.165) is 18.7 Å². The Morgan fingerprint density at radius 2 is 1.47 bits per heavy atom. The second kappa shape index (κ2) is 6.37. The van der Waals surface area contributed by atoms with Gasteiger partial charge >= 0.3 is 0 Å². The van der Waals surface area contributed by atoms with Crippen molar-refractivity contribution in [1.82, 2.24) is 9.80 Å². The van der Waals surface area contributed by atoms with Crippen molar-refractivity contribution in [3.63, 3.8) is 0 Å². The monoisotopic (exact) mass is 234 g/mol. The molecule has 0 heterocycles. The van der Waals surface area contributed by atoms with Crippen molar-refractivity contribution in [1.29, 1.82) is 0 Å². The quantitative estimate of drug-likeness (QED) is 0.471. The second-order valence-electron chi connectivity index (χ2n) is 4.84. The molecule has 1 rings (SSSR count). The van der Waals surface area contributed by atoms with Crippen molar-refractivity contribution in [2.45, 2.75) is 13.1 Å². The zero-order valence-corrected chi connectivity index (χ0v) is 11.1. The van der Waals surface area contributed by atoms with Gasteiger partial charge in [0.1, 0.15) is 0 Å². The molecule has 0 unspecified atom stereocenters. The van der Waals surface area contributed by atoms with Gasteiger partial charge in [0.05, 0.1) is 6.21 Å². The van der Waals surface area contributed by atoms with Crippen molar-refractivity contribution in [3.05, 3.63) is 34.9 Å². The number of rotatable bonds is 5. The summed E-state index contributed by atoms with van der Waals surface area (Å²) >= 11 is 0. The van der Waals surface area contributed by atoms with Gasteiger partial charge in [-0.2, -0.15) is 5.10 Å². The summed E-state index contributed by atoms with van der Waals surface area (Å²) in [7, 11) is 8.26. The van der Waals surface area contributed by atoms with Gasteiger partial charge in [0.15, 0.2) is 0 Å². The maximum Gasteiger partial charge on any atom is 0.0538 e. The molecule has 0 radical (unpaired) electrons. The highest BCUT2D eigenvalue weighted by molar-refractivity contribution is 5.80. The van der Waals surface area contributed by atoms with Crippen molar-refractivity contribution >= 4 is 6.21 Å². The number of hydrazone groups is 1. The number of hydrogen-bond donors (Lipinski definition) is 1. The van der Waals surface area contributed by atoms with Gasteiger partial charge in [-0.1, -0.05) is 6.07 Å². The molecule has 1 aromatic carbocycles. The Kier molecular flexibility index (Phi) is 5.12. The summed E-state index contributed by atoms with van der Waals surface area (Å²) in [6.07, 6.45) is 1.69. The molecule has 0 aliphatic heterocycles. The van der Waals surface area contributed by atoms with Crippen LogP contribution in [-0.2, 0) is 13.1 Å². The Bertz CT molecular complexity index is 355. The standard InChI is InChI=1S/C13H22N4/c1-16(2)9-12-5-11(8-15-14)6-13(7-12)10-17(3)4/h5-8H,9-10,14H2,1-4H3/b15-8+. The van der Waals surface area contributed by atoms with E-state index in [1.54, 1.807) is 6.21 Å². The average Bonchev–Trinajstić information content (AvgIpc) is 2.14. The Labute approximate surface area is 104 Å². The number of nitrogens with two attached hydrogens (primary N) is 1. The van der Waals surface area contributed by atoms with Crippen LogP contribution in [0.1, 0.15) is 16.7 Å². The summed E-state index contributed by atoms with van der Waals surface area (Å²) in [6.45, 7) is 1.85. The molecule has 4 nitrogen and oxygen atoms in total. The van der Waals surface area contributed by atoms with E-state index in [1.807, 2.05) is 0 Å². The van der Waals surface area contributed by atoms with E-state index in [9.17, 15) is 0 Å². The normalized spacial score (nSPS) is 11.9. The van der Waals surface area contributed by atoms with Crippen molar-refractivity contribution in [2.24, 2.45) is 10.9 Å². The molecule has 0 fully saturated rings. The second-order valence-corrected chi connectivity index (χ2v) is 4.84. The first-order valence-electron chi connectivity index (χ1n) is 5.67. The van der Waals surface area contributed by atoms with Gasteiger partial charge in [-0.25, -0.2) is 0 Å². The van der Waals surface area contributed by atoms with Crippen LogP contribution < -0.4 is 5.84 Å². The highest BCUT2D eigenvalue weighted by Crippen LogP contribution is 2.12. The molecule has 2 N–H and O–H groups in total. The minimum atomic E-state index is 0.923. The van der Waals surface area contributed by atoms with Crippen LogP contribution in [0.3, 0.4) is 0 Å². The first kappa shape index (κ1) is 13.7. The molecule has 0 bridgehead atoms. The summed E-state index contributed by atoms with van der Waals surface area (Å²) in [4.78, 5) is 4.30. The van der Waals surface area contributed by atoms with Gasteiger partial charge in [-0.15, -0.1) is 0 Å². The highest BCUT2D eigenvalue weighted by Gasteiger charge is 2.02. The summed E-state index contributed by atoms with van der Waals surface area (Å²) in [5.74, 6) is 5.21. The lowest BCUT2D eigenvalue weighted by molar-refractivity contribution is 0.395. The molecular weight excluding hydrogens is 212 g/mol. The molecule has 0 saturated carbocycles. The predicted molar refractivity (Wildman–Crippen MR) is 73.0 cm³/mol. The third kappa shape index (κ3) is 4.97. The van der Waals surface area contributed by atoms with Crippen LogP contribution in [0, 0.1) is 0 Å². The molecular formula is C13H22N4. The van der Waals surface area contributed by atoms with E-state index in [1.165, 1.54) is 11.1 Å². The predicted octanol–water partition coefficient (Wildman–Crippen LogP) is 1.10. The fourth-order valence-electron chi connectivity index (χ4n) is 1.86. The van der Waals surface area contributed by atoms with E-state index >= 15 is 0 Å². The van der Waals surface area contributed by atoms with Gasteiger partial charge in [-0.3, -0.25) is 0 Å². The van der Waals surface area contributed by atoms with Crippen molar-refractivity contribution in [2.75, 3.05) is 28.2 Å². The lowest BCUT2D eigenvalue weighted by atomic mass is 10.1. The molecule has 1 aromatic rings. The molecule has 0 atom stereocenters. The van der Waals surface area contributed by atoms with Gasteiger partial charge in [-0.05, 0) is 57.0 Å². The van der Waals surface area contributed by atoms with Crippen LogP contribution in [0.25, 0.3) is 0 Å². The first-order valence-corrected chi connectivity index (χ1v) is 5.67. The Hall–Kier alpha value is -1.39. The third-order valence-electron chi connectivity index (χ3n) is 2.30. The maximum atomic E-state index is 5.21.